The number of hydrogen-bond donors (Lipinski definition) is 1. The van der Waals surface area contributed by atoms with Crippen molar-refractivity contribution in [2.45, 2.75) is 39.8 Å². The number of nitrogens with zero attached hydrogens (tertiary/aromatic N) is 2. The Kier molecular flexibility index (Phi) is 10.1. The molecule has 0 unspecified atom stereocenters. The predicted molar refractivity (Wildman–Crippen MR) is 138 cm³/mol. The molecule has 0 aliphatic rings. The molecule has 0 fully saturated rings. The molecule has 0 aromatic heterocycles. The first-order chi connectivity index (χ1) is 15.9. The SMILES string of the molecule is CCCNC(=O)[C@H](C)N(Cc1ccc(Cl)cc1Cl)C(=O)CN(c1cccc(Cl)c1C)S(C)(=O)=O. The van der Waals surface area contributed by atoms with E-state index >= 15 is 0 Å². The van der Waals surface area contributed by atoms with Gasteiger partial charge in [0.25, 0.3) is 0 Å². The number of nitrogens with one attached hydrogen (secondary N) is 1. The maximum atomic E-state index is 13.5. The average molecular weight is 549 g/mol. The normalized spacial score (nSPS) is 12.2. The number of carbonyl (C=O) groups is 2. The summed E-state index contributed by atoms with van der Waals surface area (Å²) in [7, 11) is -3.85. The molecule has 7 nitrogen and oxygen atoms in total. The molecule has 0 aliphatic heterocycles. The summed E-state index contributed by atoms with van der Waals surface area (Å²) < 4.78 is 26.3. The molecule has 1 N–H and O–H groups in total. The van der Waals surface area contributed by atoms with Crippen molar-refractivity contribution >= 4 is 62.3 Å². The minimum absolute atomic E-state index is 0.0122. The molecule has 2 aromatic carbocycles. The summed E-state index contributed by atoms with van der Waals surface area (Å²) in [5.41, 5.74) is 1.37. The molecule has 0 radical (unpaired) electrons. The first kappa shape index (κ1) is 28.2. The van der Waals surface area contributed by atoms with Crippen LogP contribution in [0.5, 0.6) is 0 Å². The Bertz CT molecular complexity index is 1160. The molecule has 2 amide bonds. The van der Waals surface area contributed by atoms with E-state index in [0.29, 0.717) is 32.7 Å². The van der Waals surface area contributed by atoms with E-state index in [4.69, 9.17) is 34.8 Å². The summed E-state index contributed by atoms with van der Waals surface area (Å²) in [6, 6.07) is 8.78. The third kappa shape index (κ3) is 7.25. The fourth-order valence-electron chi connectivity index (χ4n) is 3.27. The Labute approximate surface area is 216 Å². The van der Waals surface area contributed by atoms with E-state index in [0.717, 1.165) is 17.0 Å². The lowest BCUT2D eigenvalue weighted by Gasteiger charge is -2.32. The Morgan fingerprint density at radius 3 is 2.35 bits per heavy atom. The van der Waals surface area contributed by atoms with Gasteiger partial charge in [-0.05, 0) is 55.7 Å². The summed E-state index contributed by atoms with van der Waals surface area (Å²) in [6.45, 7) is 5.09. The molecule has 186 valence electrons. The smallest absolute Gasteiger partial charge is 0.244 e. The van der Waals surface area contributed by atoms with Gasteiger partial charge in [0.15, 0.2) is 0 Å². The molecule has 0 saturated heterocycles. The van der Waals surface area contributed by atoms with Crippen molar-refractivity contribution in [3.8, 4) is 0 Å². The van der Waals surface area contributed by atoms with Crippen LogP contribution in [-0.2, 0) is 26.2 Å². The number of sulfonamides is 1. The number of hydrogen-bond acceptors (Lipinski definition) is 4. The third-order valence-corrected chi connectivity index (χ3v) is 7.38. The first-order valence-electron chi connectivity index (χ1n) is 10.6. The lowest BCUT2D eigenvalue weighted by molar-refractivity contribution is -0.139. The third-order valence-electron chi connectivity index (χ3n) is 5.26. The van der Waals surface area contributed by atoms with Crippen LogP contribution >= 0.6 is 34.8 Å². The summed E-state index contributed by atoms with van der Waals surface area (Å²) in [5, 5.41) is 3.90. The Hall–Kier alpha value is -2.00. The zero-order chi connectivity index (χ0) is 25.6. The highest BCUT2D eigenvalue weighted by molar-refractivity contribution is 7.92. The van der Waals surface area contributed by atoms with E-state index in [2.05, 4.69) is 5.32 Å². The number of anilines is 1. The zero-order valence-electron chi connectivity index (χ0n) is 19.4. The van der Waals surface area contributed by atoms with Gasteiger partial charge in [-0.1, -0.05) is 53.9 Å². The zero-order valence-corrected chi connectivity index (χ0v) is 22.5. The molecule has 2 aromatic rings. The highest BCUT2D eigenvalue weighted by Gasteiger charge is 2.31. The van der Waals surface area contributed by atoms with Crippen LogP contribution in [0.2, 0.25) is 15.1 Å². The van der Waals surface area contributed by atoms with Crippen LogP contribution in [0.25, 0.3) is 0 Å². The fourth-order valence-corrected chi connectivity index (χ4v) is 4.81. The van der Waals surface area contributed by atoms with Gasteiger partial charge in [-0.15, -0.1) is 0 Å². The van der Waals surface area contributed by atoms with Crippen molar-refractivity contribution < 1.29 is 18.0 Å². The second kappa shape index (κ2) is 12.1. The van der Waals surface area contributed by atoms with Crippen LogP contribution < -0.4 is 9.62 Å². The average Bonchev–Trinajstić information content (AvgIpc) is 2.76. The van der Waals surface area contributed by atoms with E-state index in [1.165, 1.54) is 4.90 Å². The molecule has 0 saturated carbocycles. The Morgan fingerprint density at radius 2 is 1.76 bits per heavy atom. The highest BCUT2D eigenvalue weighted by atomic mass is 35.5. The molecule has 34 heavy (non-hydrogen) atoms. The molecule has 0 heterocycles. The molecule has 1 atom stereocenters. The van der Waals surface area contributed by atoms with Gasteiger partial charge in [0.05, 0.1) is 11.9 Å². The second-order valence-electron chi connectivity index (χ2n) is 7.88. The number of rotatable bonds is 10. The van der Waals surface area contributed by atoms with Crippen LogP contribution in [0.1, 0.15) is 31.4 Å². The molecule has 0 bridgehead atoms. The van der Waals surface area contributed by atoms with Crippen LogP contribution in [0.15, 0.2) is 36.4 Å². The summed E-state index contributed by atoms with van der Waals surface area (Å²) in [4.78, 5) is 27.5. The van der Waals surface area contributed by atoms with Crippen molar-refractivity contribution in [1.29, 1.82) is 0 Å². The maximum Gasteiger partial charge on any atom is 0.244 e. The molecule has 0 spiro atoms. The monoisotopic (exact) mass is 547 g/mol. The van der Waals surface area contributed by atoms with Gasteiger partial charge in [-0.2, -0.15) is 0 Å². The first-order valence-corrected chi connectivity index (χ1v) is 13.6. The summed E-state index contributed by atoms with van der Waals surface area (Å²) >= 11 is 18.5. The molecule has 2 rings (SSSR count). The van der Waals surface area contributed by atoms with Gasteiger partial charge < -0.3 is 10.2 Å². The molecule has 11 heteroatoms. The second-order valence-corrected chi connectivity index (χ2v) is 11.0. The van der Waals surface area contributed by atoms with Gasteiger partial charge in [0.2, 0.25) is 21.8 Å². The van der Waals surface area contributed by atoms with Crippen LogP contribution in [0.3, 0.4) is 0 Å². The standard InChI is InChI=1S/C23H28Cl3N3O4S/c1-5-11-27-23(31)16(3)28(13-17-9-10-18(24)12-20(17)26)22(30)14-29(34(4,32)33)21-8-6-7-19(25)15(21)2/h6-10,12,16H,5,11,13-14H2,1-4H3,(H,27,31)/t16-/m0/s1. The van der Waals surface area contributed by atoms with E-state index in [-0.39, 0.29) is 18.1 Å². The number of carbonyl (C=O) groups excluding carboxylic acids is 2. The molecule has 0 aliphatic carbocycles. The van der Waals surface area contributed by atoms with E-state index < -0.39 is 28.5 Å². The molecular weight excluding hydrogens is 521 g/mol. The lowest BCUT2D eigenvalue weighted by Crippen LogP contribution is -2.51. The highest BCUT2D eigenvalue weighted by Crippen LogP contribution is 2.29. The van der Waals surface area contributed by atoms with Gasteiger partial charge in [0.1, 0.15) is 12.6 Å². The topological polar surface area (TPSA) is 86.8 Å². The lowest BCUT2D eigenvalue weighted by atomic mass is 10.1. The number of halogens is 3. The van der Waals surface area contributed by atoms with E-state index in [1.807, 2.05) is 6.92 Å². The largest absolute Gasteiger partial charge is 0.354 e. The molecular formula is C23H28Cl3N3O4S. The van der Waals surface area contributed by atoms with Gasteiger partial charge in [-0.3, -0.25) is 13.9 Å². The van der Waals surface area contributed by atoms with Gasteiger partial charge >= 0.3 is 0 Å². The maximum absolute atomic E-state index is 13.5. The van der Waals surface area contributed by atoms with Crippen molar-refractivity contribution in [1.82, 2.24) is 10.2 Å². The van der Waals surface area contributed by atoms with Crippen molar-refractivity contribution in [3.63, 3.8) is 0 Å². The quantitative estimate of drug-likeness (QED) is 0.468. The van der Waals surface area contributed by atoms with Crippen LogP contribution in [0.4, 0.5) is 5.69 Å². The van der Waals surface area contributed by atoms with E-state index in [1.54, 1.807) is 50.2 Å². The fraction of sp³-hybridized carbons (Fsp3) is 0.391. The van der Waals surface area contributed by atoms with E-state index in [9.17, 15) is 18.0 Å². The van der Waals surface area contributed by atoms with Crippen molar-refractivity contribution in [3.05, 3.63) is 62.6 Å². The Balaban J connectivity index is 2.45. The van der Waals surface area contributed by atoms with Gasteiger partial charge in [0, 0.05) is 28.2 Å². The van der Waals surface area contributed by atoms with Gasteiger partial charge in [-0.25, -0.2) is 8.42 Å². The number of benzene rings is 2. The predicted octanol–water partition coefficient (Wildman–Crippen LogP) is 4.66. The minimum atomic E-state index is -3.85. The van der Waals surface area contributed by atoms with Crippen molar-refractivity contribution in [2.75, 3.05) is 23.7 Å². The van der Waals surface area contributed by atoms with Crippen molar-refractivity contribution in [2.24, 2.45) is 0 Å². The minimum Gasteiger partial charge on any atom is -0.354 e. The summed E-state index contributed by atoms with van der Waals surface area (Å²) in [6.07, 6.45) is 1.74. The van der Waals surface area contributed by atoms with Crippen LogP contribution in [0, 0.1) is 6.92 Å². The van der Waals surface area contributed by atoms with Crippen LogP contribution in [-0.4, -0.2) is 50.5 Å². The Morgan fingerprint density at radius 1 is 1.09 bits per heavy atom. The summed E-state index contributed by atoms with van der Waals surface area (Å²) in [5.74, 6) is -0.930. The number of amides is 2.